The molecular formula is C26H19F3N6O3. The Balaban J connectivity index is 1.34. The van der Waals surface area contributed by atoms with Crippen LogP contribution in [0, 0.1) is 0 Å². The van der Waals surface area contributed by atoms with Crippen LogP contribution in [0.5, 0.6) is 0 Å². The van der Waals surface area contributed by atoms with Gasteiger partial charge in [0, 0.05) is 11.8 Å². The van der Waals surface area contributed by atoms with Gasteiger partial charge in [-0.25, -0.2) is 4.68 Å². The molecule has 12 heteroatoms. The number of aliphatic hydroxyl groups is 1. The van der Waals surface area contributed by atoms with Crippen LogP contribution in [-0.4, -0.2) is 35.9 Å². The van der Waals surface area contributed by atoms with Crippen molar-refractivity contribution in [3.8, 4) is 28.5 Å². The van der Waals surface area contributed by atoms with Crippen LogP contribution in [0.3, 0.4) is 0 Å². The number of aromatic nitrogens is 5. The van der Waals surface area contributed by atoms with E-state index in [-0.39, 0.29) is 29.5 Å². The van der Waals surface area contributed by atoms with Crippen LogP contribution < -0.4 is 5.32 Å². The van der Waals surface area contributed by atoms with Gasteiger partial charge in [-0.05, 0) is 29.8 Å². The minimum Gasteiger partial charge on any atom is -0.378 e. The molecule has 0 saturated heterocycles. The lowest BCUT2D eigenvalue weighted by Crippen LogP contribution is -2.29. The van der Waals surface area contributed by atoms with Gasteiger partial charge in [0.25, 0.3) is 11.8 Å². The monoisotopic (exact) mass is 520 g/mol. The van der Waals surface area contributed by atoms with E-state index >= 15 is 0 Å². The number of hydrogen-bond donors (Lipinski definition) is 2. The van der Waals surface area contributed by atoms with E-state index in [2.05, 4.69) is 25.5 Å². The van der Waals surface area contributed by atoms with Crippen molar-refractivity contribution in [3.63, 3.8) is 0 Å². The first-order valence-electron chi connectivity index (χ1n) is 11.3. The van der Waals surface area contributed by atoms with Gasteiger partial charge in [-0.1, -0.05) is 53.7 Å². The van der Waals surface area contributed by atoms with Gasteiger partial charge >= 0.3 is 6.18 Å². The highest BCUT2D eigenvalue weighted by Crippen LogP contribution is 2.38. The summed E-state index contributed by atoms with van der Waals surface area (Å²) in [5, 5.41) is 20.7. The zero-order valence-corrected chi connectivity index (χ0v) is 19.5. The van der Waals surface area contributed by atoms with Gasteiger partial charge in [-0.2, -0.15) is 23.3 Å². The third-order valence-corrected chi connectivity index (χ3v) is 5.60. The Kier molecular flexibility index (Phi) is 6.71. The summed E-state index contributed by atoms with van der Waals surface area (Å²) >= 11 is 0. The maximum absolute atomic E-state index is 14.0. The standard InChI is InChI=1S/C26H19F3N6O3/c27-26(28,29)22-20(15-32-35(22)19-7-2-1-3-8-19)25-33-23(34-38-25)17-11-9-16(10-12-17)21(36)24(37)31-14-18-6-4-5-13-30-18/h1-13,15,21,36H,14H2,(H,31,37)/t21-/m0/s1. The van der Waals surface area contributed by atoms with Crippen molar-refractivity contribution in [2.24, 2.45) is 0 Å². The molecule has 0 aliphatic carbocycles. The van der Waals surface area contributed by atoms with Crippen molar-refractivity contribution in [1.82, 2.24) is 30.2 Å². The predicted molar refractivity (Wildman–Crippen MR) is 128 cm³/mol. The Morgan fingerprint density at radius 3 is 2.45 bits per heavy atom. The smallest absolute Gasteiger partial charge is 0.378 e. The summed E-state index contributed by atoms with van der Waals surface area (Å²) in [6.45, 7) is 0.154. The highest BCUT2D eigenvalue weighted by molar-refractivity contribution is 5.82. The Morgan fingerprint density at radius 1 is 1.03 bits per heavy atom. The molecule has 1 atom stereocenters. The number of para-hydroxylation sites is 1. The topological polar surface area (TPSA) is 119 Å². The molecule has 1 amide bonds. The van der Waals surface area contributed by atoms with Gasteiger partial charge in [0.1, 0.15) is 0 Å². The van der Waals surface area contributed by atoms with Gasteiger partial charge in [-0.3, -0.25) is 9.78 Å². The molecule has 0 fully saturated rings. The molecule has 5 rings (SSSR count). The number of benzene rings is 2. The molecular weight excluding hydrogens is 501 g/mol. The summed E-state index contributed by atoms with van der Waals surface area (Å²) in [5.41, 5.74) is 0.169. The summed E-state index contributed by atoms with van der Waals surface area (Å²) in [5.74, 6) is -0.936. The first kappa shape index (κ1) is 24.8. The average molecular weight is 520 g/mol. The number of nitrogens with zero attached hydrogens (tertiary/aromatic N) is 5. The number of aliphatic hydroxyl groups excluding tert-OH is 1. The fraction of sp³-hybridized carbons (Fsp3) is 0.115. The molecule has 0 radical (unpaired) electrons. The number of pyridine rings is 1. The third-order valence-electron chi connectivity index (χ3n) is 5.60. The zero-order valence-electron chi connectivity index (χ0n) is 19.5. The minimum atomic E-state index is -4.74. The number of carbonyl (C=O) groups excluding carboxylic acids is 1. The van der Waals surface area contributed by atoms with E-state index < -0.39 is 23.9 Å². The molecule has 9 nitrogen and oxygen atoms in total. The molecule has 3 heterocycles. The van der Waals surface area contributed by atoms with Crippen LogP contribution in [0.15, 0.2) is 89.7 Å². The molecule has 38 heavy (non-hydrogen) atoms. The van der Waals surface area contributed by atoms with Crippen molar-refractivity contribution >= 4 is 5.91 Å². The van der Waals surface area contributed by atoms with Crippen molar-refractivity contribution < 1.29 is 27.6 Å². The van der Waals surface area contributed by atoms with Crippen LogP contribution >= 0.6 is 0 Å². The van der Waals surface area contributed by atoms with E-state index in [4.69, 9.17) is 4.52 Å². The van der Waals surface area contributed by atoms with E-state index in [9.17, 15) is 23.1 Å². The maximum atomic E-state index is 14.0. The Bertz CT molecular complexity index is 1530. The van der Waals surface area contributed by atoms with Crippen LogP contribution in [0.1, 0.15) is 23.1 Å². The largest absolute Gasteiger partial charge is 0.434 e. The Morgan fingerprint density at radius 2 is 1.76 bits per heavy atom. The normalized spacial score (nSPS) is 12.3. The molecule has 0 aliphatic heterocycles. The highest BCUT2D eigenvalue weighted by Gasteiger charge is 2.40. The molecule has 0 bridgehead atoms. The number of carbonyl (C=O) groups is 1. The van der Waals surface area contributed by atoms with E-state index in [1.54, 1.807) is 42.6 Å². The van der Waals surface area contributed by atoms with Crippen molar-refractivity contribution in [1.29, 1.82) is 0 Å². The number of halogens is 3. The second kappa shape index (κ2) is 10.3. The van der Waals surface area contributed by atoms with Gasteiger partial charge in [0.2, 0.25) is 5.82 Å². The third kappa shape index (κ3) is 5.15. The highest BCUT2D eigenvalue weighted by atomic mass is 19.4. The number of amides is 1. The van der Waals surface area contributed by atoms with Gasteiger partial charge in [-0.15, -0.1) is 0 Å². The van der Waals surface area contributed by atoms with Crippen LogP contribution in [0.25, 0.3) is 28.5 Å². The van der Waals surface area contributed by atoms with E-state index in [0.29, 0.717) is 16.8 Å². The van der Waals surface area contributed by atoms with Crippen LogP contribution in [-0.2, 0) is 17.5 Å². The summed E-state index contributed by atoms with van der Waals surface area (Å²) in [6, 6.07) is 19.2. The van der Waals surface area contributed by atoms with Crippen molar-refractivity contribution in [2.75, 3.05) is 0 Å². The lowest BCUT2D eigenvalue weighted by atomic mass is 10.1. The lowest BCUT2D eigenvalue weighted by molar-refractivity contribution is -0.142. The molecule has 0 saturated carbocycles. The summed E-state index contributed by atoms with van der Waals surface area (Å²) in [4.78, 5) is 20.5. The zero-order chi connectivity index (χ0) is 26.7. The first-order valence-corrected chi connectivity index (χ1v) is 11.3. The molecule has 192 valence electrons. The molecule has 5 aromatic rings. The van der Waals surface area contributed by atoms with E-state index in [1.165, 1.54) is 36.4 Å². The SMILES string of the molecule is O=C(NCc1ccccn1)[C@@H](O)c1ccc(-c2noc(-c3cnn(-c4ccccc4)c3C(F)(F)F)n2)cc1. The number of alkyl halides is 3. The number of nitrogens with one attached hydrogen (secondary N) is 1. The van der Waals surface area contributed by atoms with Crippen LogP contribution in [0.2, 0.25) is 0 Å². The molecule has 0 unspecified atom stereocenters. The molecule has 0 spiro atoms. The lowest BCUT2D eigenvalue weighted by Gasteiger charge is -2.12. The second-order valence-corrected chi connectivity index (χ2v) is 8.14. The quantitative estimate of drug-likeness (QED) is 0.327. The second-order valence-electron chi connectivity index (χ2n) is 8.14. The molecule has 3 aromatic heterocycles. The summed E-state index contributed by atoms with van der Waals surface area (Å²) in [6.07, 6.45) is -3.56. The Labute approximate surface area is 213 Å². The fourth-order valence-electron chi connectivity index (χ4n) is 3.74. The molecule has 0 aliphatic rings. The average Bonchev–Trinajstić information content (AvgIpc) is 3.60. The van der Waals surface area contributed by atoms with Crippen molar-refractivity contribution in [2.45, 2.75) is 18.8 Å². The van der Waals surface area contributed by atoms with Crippen molar-refractivity contribution in [3.05, 3.63) is 102 Å². The molecule has 2 N–H and O–H groups in total. The number of rotatable bonds is 7. The van der Waals surface area contributed by atoms with E-state index in [0.717, 1.165) is 10.9 Å². The fourth-order valence-corrected chi connectivity index (χ4v) is 3.74. The first-order chi connectivity index (χ1) is 18.3. The predicted octanol–water partition coefficient (Wildman–Crippen LogP) is 4.35. The summed E-state index contributed by atoms with van der Waals surface area (Å²) < 4.78 is 47.8. The van der Waals surface area contributed by atoms with E-state index in [1.807, 2.05) is 0 Å². The number of hydrogen-bond acceptors (Lipinski definition) is 7. The van der Waals surface area contributed by atoms with Gasteiger partial charge in [0.05, 0.1) is 29.7 Å². The van der Waals surface area contributed by atoms with Gasteiger partial charge in [0.15, 0.2) is 11.8 Å². The molecule has 2 aromatic carbocycles. The van der Waals surface area contributed by atoms with Crippen LogP contribution in [0.4, 0.5) is 13.2 Å². The Hall–Kier alpha value is -4.84. The summed E-state index contributed by atoms with van der Waals surface area (Å²) in [7, 11) is 0. The van der Waals surface area contributed by atoms with Gasteiger partial charge < -0.3 is 14.9 Å². The maximum Gasteiger partial charge on any atom is 0.434 e. The minimum absolute atomic E-state index is 0.0289.